The topological polar surface area (TPSA) is 21.6 Å². The molecule has 0 aromatic heterocycles. The van der Waals surface area contributed by atoms with Crippen molar-refractivity contribution in [2.24, 2.45) is 4.99 Å². The first-order chi connectivity index (χ1) is 5.38. The summed E-state index contributed by atoms with van der Waals surface area (Å²) in [7, 11) is 0. The van der Waals surface area contributed by atoms with Gasteiger partial charge in [-0.05, 0) is 30.9 Å². The van der Waals surface area contributed by atoms with Crippen LogP contribution in [0.3, 0.4) is 0 Å². The van der Waals surface area contributed by atoms with Crippen molar-refractivity contribution in [1.29, 1.82) is 0 Å². The van der Waals surface area contributed by atoms with Crippen LogP contribution in [0.1, 0.15) is 19.8 Å². The van der Waals surface area contributed by atoms with Crippen LogP contribution in [0.25, 0.3) is 0 Å². The summed E-state index contributed by atoms with van der Waals surface area (Å²) in [6, 6.07) is 0. The lowest BCUT2D eigenvalue weighted by Gasteiger charge is -1.99. The van der Waals surface area contributed by atoms with Gasteiger partial charge in [-0.1, -0.05) is 0 Å². The minimum absolute atomic E-state index is 0.881. The van der Waals surface area contributed by atoms with E-state index in [1.807, 2.05) is 0 Å². The van der Waals surface area contributed by atoms with Gasteiger partial charge in [0, 0.05) is 5.71 Å². The second kappa shape index (κ2) is 2.78. The Morgan fingerprint density at radius 3 is 3.00 bits per heavy atom. The monoisotopic (exact) mass is 151 g/mol. The van der Waals surface area contributed by atoms with Gasteiger partial charge < -0.3 is 4.74 Å². The van der Waals surface area contributed by atoms with Crippen LogP contribution in [0.15, 0.2) is 16.1 Å². The van der Waals surface area contributed by atoms with Gasteiger partial charge in [-0.3, -0.25) is 4.99 Å². The highest BCUT2D eigenvalue weighted by Crippen LogP contribution is 2.23. The SMILES string of the molecule is CC1=NCC2=C1CCOCC2. The second-order valence-corrected chi connectivity index (χ2v) is 3.10. The van der Waals surface area contributed by atoms with Gasteiger partial charge in [0.05, 0.1) is 19.8 Å². The van der Waals surface area contributed by atoms with E-state index in [9.17, 15) is 0 Å². The smallest absolute Gasteiger partial charge is 0.0610 e. The Labute approximate surface area is 67.0 Å². The molecule has 2 heterocycles. The molecule has 11 heavy (non-hydrogen) atoms. The third kappa shape index (κ3) is 1.23. The predicted molar refractivity (Wildman–Crippen MR) is 45.1 cm³/mol. The molecule has 2 rings (SSSR count). The predicted octanol–water partition coefficient (Wildman–Crippen LogP) is 1.57. The summed E-state index contributed by atoms with van der Waals surface area (Å²) in [5.41, 5.74) is 4.23. The van der Waals surface area contributed by atoms with Crippen LogP contribution < -0.4 is 0 Å². The minimum Gasteiger partial charge on any atom is -0.381 e. The van der Waals surface area contributed by atoms with Crippen LogP contribution in [0.2, 0.25) is 0 Å². The maximum Gasteiger partial charge on any atom is 0.0610 e. The molecule has 0 bridgehead atoms. The average molecular weight is 151 g/mol. The molecular weight excluding hydrogens is 138 g/mol. The zero-order chi connectivity index (χ0) is 7.68. The fraction of sp³-hybridized carbons (Fsp3) is 0.667. The first kappa shape index (κ1) is 7.04. The van der Waals surface area contributed by atoms with Gasteiger partial charge in [-0.2, -0.15) is 0 Å². The summed E-state index contributed by atoms with van der Waals surface area (Å²) in [5.74, 6) is 0. The molecule has 0 radical (unpaired) electrons. The van der Waals surface area contributed by atoms with Crippen LogP contribution in [0.4, 0.5) is 0 Å². The summed E-state index contributed by atoms with van der Waals surface area (Å²) in [4.78, 5) is 4.41. The van der Waals surface area contributed by atoms with Crippen LogP contribution in [-0.4, -0.2) is 25.5 Å². The minimum atomic E-state index is 0.881. The van der Waals surface area contributed by atoms with Crippen LogP contribution in [-0.2, 0) is 4.74 Å². The zero-order valence-electron chi connectivity index (χ0n) is 6.89. The number of hydrogen-bond donors (Lipinski definition) is 0. The Morgan fingerprint density at radius 1 is 1.27 bits per heavy atom. The van der Waals surface area contributed by atoms with Gasteiger partial charge >= 0.3 is 0 Å². The molecule has 0 aromatic rings. The first-order valence-corrected chi connectivity index (χ1v) is 4.18. The van der Waals surface area contributed by atoms with Gasteiger partial charge in [0.15, 0.2) is 0 Å². The van der Waals surface area contributed by atoms with E-state index in [-0.39, 0.29) is 0 Å². The maximum atomic E-state index is 5.38. The molecule has 2 nitrogen and oxygen atoms in total. The van der Waals surface area contributed by atoms with Crippen molar-refractivity contribution in [3.8, 4) is 0 Å². The van der Waals surface area contributed by atoms with Gasteiger partial charge in [-0.25, -0.2) is 0 Å². The van der Waals surface area contributed by atoms with E-state index in [0.29, 0.717) is 0 Å². The highest BCUT2D eigenvalue weighted by atomic mass is 16.5. The molecular formula is C9H13NO. The van der Waals surface area contributed by atoms with Gasteiger partial charge in [-0.15, -0.1) is 0 Å². The van der Waals surface area contributed by atoms with E-state index in [1.165, 1.54) is 16.9 Å². The van der Waals surface area contributed by atoms with Gasteiger partial charge in [0.2, 0.25) is 0 Å². The maximum absolute atomic E-state index is 5.38. The molecule has 2 aliphatic heterocycles. The summed E-state index contributed by atoms with van der Waals surface area (Å²) < 4.78 is 5.38. The fourth-order valence-corrected chi connectivity index (χ4v) is 1.72. The number of hydrogen-bond acceptors (Lipinski definition) is 2. The van der Waals surface area contributed by atoms with Crippen LogP contribution in [0.5, 0.6) is 0 Å². The fourth-order valence-electron chi connectivity index (χ4n) is 1.72. The lowest BCUT2D eigenvalue weighted by atomic mass is 10.0. The van der Waals surface area contributed by atoms with Crippen molar-refractivity contribution in [1.82, 2.24) is 0 Å². The molecule has 0 spiro atoms. The molecule has 0 amide bonds. The van der Waals surface area contributed by atoms with Crippen LogP contribution in [0, 0.1) is 0 Å². The molecule has 2 aliphatic rings. The zero-order valence-corrected chi connectivity index (χ0v) is 6.89. The normalized spacial score (nSPS) is 24.6. The lowest BCUT2D eigenvalue weighted by molar-refractivity contribution is 0.146. The number of nitrogens with zero attached hydrogens (tertiary/aromatic N) is 1. The molecule has 0 unspecified atom stereocenters. The molecule has 0 fully saturated rings. The highest BCUT2D eigenvalue weighted by molar-refractivity contribution is 6.00. The average Bonchev–Trinajstić information content (AvgIpc) is 2.25. The third-order valence-electron chi connectivity index (χ3n) is 2.42. The van der Waals surface area contributed by atoms with Crippen molar-refractivity contribution >= 4 is 5.71 Å². The molecule has 0 atom stereocenters. The largest absolute Gasteiger partial charge is 0.381 e. The standard InChI is InChI=1S/C9H13NO/c1-7-9-3-5-11-4-2-8(9)6-10-7/h2-6H2,1H3. The quantitative estimate of drug-likeness (QED) is 0.515. The van der Waals surface area contributed by atoms with Crippen molar-refractivity contribution < 1.29 is 4.74 Å². The molecule has 2 heteroatoms. The molecule has 60 valence electrons. The van der Waals surface area contributed by atoms with Crippen molar-refractivity contribution in [3.05, 3.63) is 11.1 Å². The van der Waals surface area contributed by atoms with Crippen molar-refractivity contribution in [2.75, 3.05) is 19.8 Å². The van der Waals surface area contributed by atoms with E-state index in [1.54, 1.807) is 0 Å². The van der Waals surface area contributed by atoms with E-state index in [2.05, 4.69) is 11.9 Å². The molecule has 0 N–H and O–H groups in total. The highest BCUT2D eigenvalue weighted by Gasteiger charge is 2.17. The summed E-state index contributed by atoms with van der Waals surface area (Å²) in [5, 5.41) is 0. The third-order valence-corrected chi connectivity index (χ3v) is 2.42. The van der Waals surface area contributed by atoms with Gasteiger partial charge in [0.25, 0.3) is 0 Å². The Kier molecular flexibility index (Phi) is 1.78. The first-order valence-electron chi connectivity index (χ1n) is 4.18. The second-order valence-electron chi connectivity index (χ2n) is 3.10. The van der Waals surface area contributed by atoms with Crippen LogP contribution >= 0.6 is 0 Å². The van der Waals surface area contributed by atoms with Crippen molar-refractivity contribution in [3.63, 3.8) is 0 Å². The van der Waals surface area contributed by atoms with Crippen molar-refractivity contribution in [2.45, 2.75) is 19.8 Å². The number of ether oxygens (including phenoxy) is 1. The molecule has 0 saturated heterocycles. The summed E-state index contributed by atoms with van der Waals surface area (Å²) in [6.07, 6.45) is 2.17. The summed E-state index contributed by atoms with van der Waals surface area (Å²) in [6.45, 7) is 4.81. The van der Waals surface area contributed by atoms with Gasteiger partial charge in [0.1, 0.15) is 0 Å². The van der Waals surface area contributed by atoms with E-state index in [0.717, 1.165) is 32.6 Å². The summed E-state index contributed by atoms with van der Waals surface area (Å²) >= 11 is 0. The molecule has 0 aliphatic carbocycles. The lowest BCUT2D eigenvalue weighted by Crippen LogP contribution is -1.97. The van der Waals surface area contributed by atoms with E-state index < -0.39 is 0 Å². The van der Waals surface area contributed by atoms with E-state index in [4.69, 9.17) is 4.74 Å². The Balaban J connectivity index is 2.22. The molecule has 0 aromatic carbocycles. The number of aliphatic imine (C=N–C) groups is 1. The Morgan fingerprint density at radius 2 is 2.09 bits per heavy atom. The Hall–Kier alpha value is -0.630. The van der Waals surface area contributed by atoms with E-state index >= 15 is 0 Å². The Bertz CT molecular complexity index is 228. The molecule has 0 saturated carbocycles. The number of rotatable bonds is 0.